The summed E-state index contributed by atoms with van der Waals surface area (Å²) in [6.45, 7) is 9.16. The van der Waals surface area contributed by atoms with Gasteiger partial charge in [-0.3, -0.25) is 14.4 Å². The molecule has 1 heterocycles. The molecule has 156 valence electrons. The first-order chi connectivity index (χ1) is 14.2. The van der Waals surface area contributed by atoms with Crippen molar-refractivity contribution in [3.05, 3.63) is 58.9 Å². The second-order valence-corrected chi connectivity index (χ2v) is 8.18. The third-order valence-electron chi connectivity index (χ3n) is 5.39. The van der Waals surface area contributed by atoms with Gasteiger partial charge in [0.25, 0.3) is 0 Å². The Morgan fingerprint density at radius 2 is 1.87 bits per heavy atom. The molecule has 1 N–H and O–H groups in total. The van der Waals surface area contributed by atoms with Crippen molar-refractivity contribution in [3.8, 4) is 11.4 Å². The third kappa shape index (κ3) is 4.49. The molecule has 1 amide bonds. The molecule has 30 heavy (non-hydrogen) atoms. The van der Waals surface area contributed by atoms with E-state index in [1.54, 1.807) is 13.0 Å². The van der Waals surface area contributed by atoms with Crippen molar-refractivity contribution in [2.75, 3.05) is 0 Å². The molecule has 0 bridgehead atoms. The van der Waals surface area contributed by atoms with E-state index in [2.05, 4.69) is 21.9 Å². The van der Waals surface area contributed by atoms with Crippen LogP contribution in [0.1, 0.15) is 42.4 Å². The highest BCUT2D eigenvalue weighted by molar-refractivity contribution is 6.30. The van der Waals surface area contributed by atoms with E-state index in [9.17, 15) is 14.4 Å². The minimum atomic E-state index is -0.834. The zero-order chi connectivity index (χ0) is 22.0. The summed E-state index contributed by atoms with van der Waals surface area (Å²) in [6, 6.07) is 3.56. The van der Waals surface area contributed by atoms with Crippen molar-refractivity contribution in [1.82, 2.24) is 15.3 Å². The van der Waals surface area contributed by atoms with Crippen LogP contribution in [0.25, 0.3) is 11.4 Å². The highest BCUT2D eigenvalue weighted by Crippen LogP contribution is 2.38. The van der Waals surface area contributed by atoms with Gasteiger partial charge in [-0.15, -0.1) is 6.58 Å². The molecule has 6 nitrogen and oxygen atoms in total. The molecule has 3 unspecified atom stereocenters. The Bertz CT molecular complexity index is 994. The van der Waals surface area contributed by atoms with E-state index in [0.717, 1.165) is 16.7 Å². The van der Waals surface area contributed by atoms with Crippen LogP contribution in [0, 0.1) is 19.8 Å². The van der Waals surface area contributed by atoms with Crippen LogP contribution in [0.15, 0.2) is 37.2 Å². The molecule has 0 saturated heterocycles. The van der Waals surface area contributed by atoms with Gasteiger partial charge in [0.1, 0.15) is 11.7 Å². The Morgan fingerprint density at radius 1 is 1.27 bits per heavy atom. The number of halogens is 1. The quantitative estimate of drug-likeness (QED) is 0.562. The molecular formula is C23H24ClN3O3. The number of benzene rings is 1. The maximum atomic E-state index is 13.0. The monoisotopic (exact) mass is 425 g/mol. The lowest BCUT2D eigenvalue weighted by Gasteiger charge is -2.17. The number of hydrogen-bond donors (Lipinski definition) is 1. The zero-order valence-electron chi connectivity index (χ0n) is 17.2. The van der Waals surface area contributed by atoms with Crippen LogP contribution in [0.3, 0.4) is 0 Å². The first-order valence-electron chi connectivity index (χ1n) is 9.78. The molecular weight excluding hydrogens is 402 g/mol. The standard InChI is InChI=1S/C23H24ClN3O3/c1-5-14(4)27-19(29)9-15-8-18(28)21(22(15)30)20-12(2)6-16(7-13(20)3)23-25-10-17(24)11-26-23/h5-7,10-11,14-15,21H,1,8-9H2,2-4H3,(H,27,29). The molecule has 7 heteroatoms. The van der Waals surface area contributed by atoms with E-state index in [0.29, 0.717) is 16.4 Å². The number of amides is 1. The minimum absolute atomic E-state index is 0.00798. The molecule has 0 radical (unpaired) electrons. The number of Topliss-reactive ketones (excluding diaryl/α,β-unsaturated/α-hetero) is 2. The molecule has 1 aliphatic rings. The van der Waals surface area contributed by atoms with E-state index in [1.165, 1.54) is 12.4 Å². The molecule has 1 aliphatic carbocycles. The average Bonchev–Trinajstić information content (AvgIpc) is 2.95. The van der Waals surface area contributed by atoms with E-state index >= 15 is 0 Å². The molecule has 1 fully saturated rings. The van der Waals surface area contributed by atoms with E-state index in [1.807, 2.05) is 26.0 Å². The largest absolute Gasteiger partial charge is 0.350 e. The van der Waals surface area contributed by atoms with Crippen LogP contribution in [-0.2, 0) is 14.4 Å². The van der Waals surface area contributed by atoms with Gasteiger partial charge in [0.05, 0.1) is 5.02 Å². The topological polar surface area (TPSA) is 89.0 Å². The van der Waals surface area contributed by atoms with Gasteiger partial charge in [-0.25, -0.2) is 9.97 Å². The molecule has 1 aromatic carbocycles. The first kappa shape index (κ1) is 21.8. The van der Waals surface area contributed by atoms with Gasteiger partial charge >= 0.3 is 0 Å². The number of carbonyl (C=O) groups excluding carboxylic acids is 3. The Hall–Kier alpha value is -2.86. The summed E-state index contributed by atoms with van der Waals surface area (Å²) in [5, 5.41) is 3.20. The number of nitrogens with one attached hydrogen (secondary N) is 1. The average molecular weight is 426 g/mol. The molecule has 3 atom stereocenters. The molecule has 3 rings (SSSR count). The van der Waals surface area contributed by atoms with E-state index in [-0.39, 0.29) is 36.4 Å². The van der Waals surface area contributed by atoms with Crippen molar-refractivity contribution >= 4 is 29.1 Å². The predicted octanol–water partition coefficient (Wildman–Crippen LogP) is 3.74. The van der Waals surface area contributed by atoms with Crippen LogP contribution in [0.2, 0.25) is 5.02 Å². The molecule has 2 aromatic rings. The number of hydrogen-bond acceptors (Lipinski definition) is 5. The second-order valence-electron chi connectivity index (χ2n) is 7.75. The molecule has 1 aromatic heterocycles. The zero-order valence-corrected chi connectivity index (χ0v) is 18.0. The summed E-state index contributed by atoms with van der Waals surface area (Å²) in [6.07, 6.45) is 4.75. The summed E-state index contributed by atoms with van der Waals surface area (Å²) in [7, 11) is 0. The summed E-state index contributed by atoms with van der Waals surface area (Å²) in [5.41, 5.74) is 3.14. The lowest BCUT2D eigenvalue weighted by Crippen LogP contribution is -2.33. The second kappa shape index (κ2) is 8.88. The Morgan fingerprint density at radius 3 is 2.43 bits per heavy atom. The maximum Gasteiger partial charge on any atom is 0.221 e. The van der Waals surface area contributed by atoms with Crippen molar-refractivity contribution in [1.29, 1.82) is 0 Å². The lowest BCUT2D eigenvalue weighted by atomic mass is 9.86. The fourth-order valence-electron chi connectivity index (χ4n) is 3.95. The van der Waals surface area contributed by atoms with Crippen molar-refractivity contribution in [2.45, 2.75) is 45.6 Å². The predicted molar refractivity (Wildman–Crippen MR) is 115 cm³/mol. The summed E-state index contributed by atoms with van der Waals surface area (Å²) in [5.74, 6) is -1.50. The van der Waals surface area contributed by atoms with Gasteiger partial charge in [-0.2, -0.15) is 0 Å². The minimum Gasteiger partial charge on any atom is -0.350 e. The van der Waals surface area contributed by atoms with Crippen LogP contribution >= 0.6 is 11.6 Å². The van der Waals surface area contributed by atoms with Gasteiger partial charge in [-0.1, -0.05) is 17.7 Å². The van der Waals surface area contributed by atoms with Crippen LogP contribution in [-0.4, -0.2) is 33.5 Å². The number of aryl methyl sites for hydroxylation is 2. The summed E-state index contributed by atoms with van der Waals surface area (Å²) < 4.78 is 0. The summed E-state index contributed by atoms with van der Waals surface area (Å²) in [4.78, 5) is 46.4. The van der Waals surface area contributed by atoms with Crippen LogP contribution in [0.5, 0.6) is 0 Å². The Balaban J connectivity index is 1.85. The first-order valence-corrected chi connectivity index (χ1v) is 10.2. The smallest absolute Gasteiger partial charge is 0.221 e. The molecule has 0 spiro atoms. The van der Waals surface area contributed by atoms with Crippen molar-refractivity contribution in [2.24, 2.45) is 5.92 Å². The van der Waals surface area contributed by atoms with Gasteiger partial charge in [-0.05, 0) is 49.6 Å². The lowest BCUT2D eigenvalue weighted by molar-refractivity contribution is -0.128. The SMILES string of the molecule is C=CC(C)NC(=O)CC1CC(=O)C(c2c(C)cc(-c3ncc(Cl)cn3)cc2C)C1=O. The van der Waals surface area contributed by atoms with Gasteiger partial charge < -0.3 is 5.32 Å². The van der Waals surface area contributed by atoms with Crippen molar-refractivity contribution < 1.29 is 14.4 Å². The van der Waals surface area contributed by atoms with Gasteiger partial charge in [0.15, 0.2) is 11.6 Å². The Labute approximate surface area is 180 Å². The number of aromatic nitrogens is 2. The van der Waals surface area contributed by atoms with E-state index in [4.69, 9.17) is 11.6 Å². The van der Waals surface area contributed by atoms with Crippen LogP contribution < -0.4 is 5.32 Å². The highest BCUT2D eigenvalue weighted by atomic mass is 35.5. The molecule has 1 saturated carbocycles. The molecule has 0 aliphatic heterocycles. The third-order valence-corrected chi connectivity index (χ3v) is 5.59. The van der Waals surface area contributed by atoms with Gasteiger partial charge in [0, 0.05) is 42.8 Å². The number of rotatable bonds is 6. The van der Waals surface area contributed by atoms with Crippen LogP contribution in [0.4, 0.5) is 0 Å². The maximum absolute atomic E-state index is 13.0. The fraction of sp³-hybridized carbons (Fsp3) is 0.348. The fourth-order valence-corrected chi connectivity index (χ4v) is 4.05. The number of ketones is 2. The summed E-state index contributed by atoms with van der Waals surface area (Å²) >= 11 is 5.86. The number of nitrogens with zero attached hydrogens (tertiary/aromatic N) is 2. The Kier molecular flexibility index (Phi) is 6.46. The van der Waals surface area contributed by atoms with Gasteiger partial charge in [0.2, 0.25) is 5.91 Å². The van der Waals surface area contributed by atoms with E-state index < -0.39 is 11.8 Å². The normalized spacial score (nSPS) is 19.6. The van der Waals surface area contributed by atoms with Crippen molar-refractivity contribution in [3.63, 3.8) is 0 Å². The number of carbonyl (C=O) groups is 3. The highest BCUT2D eigenvalue weighted by Gasteiger charge is 2.43.